The lowest BCUT2D eigenvalue weighted by atomic mass is 10.1. The number of fused-ring (bicyclic) bond motifs is 1. The molecule has 1 aliphatic heterocycles. The lowest BCUT2D eigenvalue weighted by molar-refractivity contribution is 0.648. The summed E-state index contributed by atoms with van der Waals surface area (Å²) in [5, 5.41) is 7.69. The molecule has 1 aromatic heterocycles. The molecular formula is C21H26ClN5. The molecule has 2 N–H and O–H groups in total. The van der Waals surface area contributed by atoms with Crippen LogP contribution in [0, 0.1) is 0 Å². The van der Waals surface area contributed by atoms with E-state index in [2.05, 4.69) is 43.7 Å². The zero-order valence-electron chi connectivity index (χ0n) is 15.7. The fourth-order valence-corrected chi connectivity index (χ4v) is 4.23. The van der Waals surface area contributed by atoms with Gasteiger partial charge < -0.3 is 15.5 Å². The number of nitrogens with one attached hydrogen (secondary N) is 2. The molecule has 0 spiro atoms. The molecule has 2 aliphatic rings. The Kier molecular flexibility index (Phi) is 5.48. The van der Waals surface area contributed by atoms with Crippen LogP contribution in [0.5, 0.6) is 0 Å². The van der Waals surface area contributed by atoms with Crippen LogP contribution in [0.4, 0.5) is 5.82 Å². The van der Waals surface area contributed by atoms with Crippen molar-refractivity contribution < 1.29 is 0 Å². The fourth-order valence-electron chi connectivity index (χ4n) is 3.99. The van der Waals surface area contributed by atoms with Crippen molar-refractivity contribution in [1.82, 2.24) is 15.6 Å². The van der Waals surface area contributed by atoms with Crippen molar-refractivity contribution in [2.75, 3.05) is 25.0 Å². The summed E-state index contributed by atoms with van der Waals surface area (Å²) in [6.45, 7) is 2.60. The first-order chi connectivity index (χ1) is 13.2. The maximum absolute atomic E-state index is 6.28. The van der Waals surface area contributed by atoms with Crippen molar-refractivity contribution in [3.8, 4) is 0 Å². The van der Waals surface area contributed by atoms with Crippen LogP contribution in [0.3, 0.4) is 0 Å². The Morgan fingerprint density at radius 2 is 2.19 bits per heavy atom. The molecular weight excluding hydrogens is 358 g/mol. The Morgan fingerprint density at radius 1 is 1.30 bits per heavy atom. The lowest BCUT2D eigenvalue weighted by Crippen LogP contribution is -2.44. The Labute approximate surface area is 165 Å². The van der Waals surface area contributed by atoms with Gasteiger partial charge in [0.1, 0.15) is 5.82 Å². The molecule has 5 nitrogen and oxygen atoms in total. The standard InChI is InChI=1S/C21H26ClN5/c1-23-21(25-13-15-7-8-16-4-2-5-17(16)12-15)26-18-9-11-27(14-18)20-19(22)6-3-10-24-20/h3,6-8,10,12,18H,2,4-5,9,11,13-14H2,1H3,(H2,23,25,26). The largest absolute Gasteiger partial charge is 0.353 e. The van der Waals surface area contributed by atoms with Crippen molar-refractivity contribution in [3.63, 3.8) is 0 Å². The van der Waals surface area contributed by atoms with Crippen molar-refractivity contribution >= 4 is 23.4 Å². The quantitative estimate of drug-likeness (QED) is 0.629. The van der Waals surface area contributed by atoms with Gasteiger partial charge in [-0.3, -0.25) is 4.99 Å². The monoisotopic (exact) mass is 383 g/mol. The maximum Gasteiger partial charge on any atom is 0.191 e. The third kappa shape index (κ3) is 4.19. The number of guanidine groups is 1. The molecule has 0 amide bonds. The fraction of sp³-hybridized carbons (Fsp3) is 0.429. The molecule has 1 atom stereocenters. The second kappa shape index (κ2) is 8.17. The first-order valence-electron chi connectivity index (χ1n) is 9.66. The van der Waals surface area contributed by atoms with Gasteiger partial charge in [0.25, 0.3) is 0 Å². The lowest BCUT2D eigenvalue weighted by Gasteiger charge is -2.20. The summed E-state index contributed by atoms with van der Waals surface area (Å²) < 4.78 is 0. The number of aromatic nitrogens is 1. The molecule has 4 rings (SSSR count). The minimum atomic E-state index is 0.328. The minimum Gasteiger partial charge on any atom is -0.353 e. The van der Waals surface area contributed by atoms with Crippen LogP contribution >= 0.6 is 11.6 Å². The number of aliphatic imine (C=N–C) groups is 1. The zero-order valence-corrected chi connectivity index (χ0v) is 16.5. The van der Waals surface area contributed by atoms with Crippen molar-refractivity contribution in [3.05, 3.63) is 58.2 Å². The Morgan fingerprint density at radius 3 is 3.04 bits per heavy atom. The second-order valence-corrected chi connectivity index (χ2v) is 7.67. The summed E-state index contributed by atoms with van der Waals surface area (Å²) >= 11 is 6.28. The molecule has 2 aromatic rings. The van der Waals surface area contributed by atoms with E-state index < -0.39 is 0 Å². The molecule has 2 heterocycles. The van der Waals surface area contributed by atoms with Crippen LogP contribution in [0.2, 0.25) is 5.02 Å². The van der Waals surface area contributed by atoms with E-state index in [9.17, 15) is 0 Å². The topological polar surface area (TPSA) is 52.6 Å². The third-order valence-electron chi connectivity index (χ3n) is 5.41. The summed E-state index contributed by atoms with van der Waals surface area (Å²) in [5.41, 5.74) is 4.34. The molecule has 6 heteroatoms. The average Bonchev–Trinajstić information content (AvgIpc) is 3.34. The number of halogens is 1. The predicted molar refractivity (Wildman–Crippen MR) is 112 cm³/mol. The maximum atomic E-state index is 6.28. The molecule has 0 radical (unpaired) electrons. The smallest absolute Gasteiger partial charge is 0.191 e. The Balaban J connectivity index is 1.31. The van der Waals surface area contributed by atoms with E-state index in [0.29, 0.717) is 11.1 Å². The third-order valence-corrected chi connectivity index (χ3v) is 5.71. The molecule has 1 fully saturated rings. The van der Waals surface area contributed by atoms with Gasteiger partial charge in [0.2, 0.25) is 0 Å². The summed E-state index contributed by atoms with van der Waals surface area (Å²) in [5.74, 6) is 1.71. The SMILES string of the molecule is CN=C(NCc1ccc2c(c1)CCC2)NC1CCN(c2ncccc2Cl)C1. The van der Waals surface area contributed by atoms with Gasteiger partial charge in [-0.15, -0.1) is 0 Å². The normalized spacial score (nSPS) is 19.3. The summed E-state index contributed by atoms with van der Waals surface area (Å²) in [6.07, 6.45) is 6.55. The minimum absolute atomic E-state index is 0.328. The number of anilines is 1. The van der Waals surface area contributed by atoms with Crippen LogP contribution in [0.15, 0.2) is 41.5 Å². The van der Waals surface area contributed by atoms with E-state index in [-0.39, 0.29) is 0 Å². The summed E-state index contributed by atoms with van der Waals surface area (Å²) in [6, 6.07) is 10.9. The molecule has 1 saturated heterocycles. The molecule has 0 saturated carbocycles. The first kappa shape index (κ1) is 18.1. The highest BCUT2D eigenvalue weighted by molar-refractivity contribution is 6.32. The molecule has 1 aliphatic carbocycles. The highest BCUT2D eigenvalue weighted by Gasteiger charge is 2.25. The number of pyridine rings is 1. The van der Waals surface area contributed by atoms with E-state index in [1.807, 2.05) is 19.2 Å². The van der Waals surface area contributed by atoms with Crippen LogP contribution in [0.25, 0.3) is 0 Å². The highest BCUT2D eigenvalue weighted by Crippen LogP contribution is 2.26. The Hall–Kier alpha value is -2.27. The Bertz CT molecular complexity index is 835. The van der Waals surface area contributed by atoms with Crippen LogP contribution in [-0.2, 0) is 19.4 Å². The molecule has 1 unspecified atom stereocenters. The highest BCUT2D eigenvalue weighted by atomic mass is 35.5. The number of nitrogens with zero attached hydrogens (tertiary/aromatic N) is 3. The van der Waals surface area contributed by atoms with E-state index in [1.165, 1.54) is 36.0 Å². The zero-order chi connectivity index (χ0) is 18.6. The summed E-state index contributed by atoms with van der Waals surface area (Å²) in [4.78, 5) is 11.0. The van der Waals surface area contributed by atoms with Gasteiger partial charge in [-0.25, -0.2) is 4.98 Å². The van der Waals surface area contributed by atoms with Gasteiger partial charge >= 0.3 is 0 Å². The van der Waals surface area contributed by atoms with Gasteiger partial charge in [-0.05, 0) is 54.5 Å². The van der Waals surface area contributed by atoms with E-state index in [0.717, 1.165) is 37.8 Å². The molecule has 142 valence electrons. The van der Waals surface area contributed by atoms with Crippen LogP contribution in [0.1, 0.15) is 29.5 Å². The number of aryl methyl sites for hydroxylation is 2. The molecule has 0 bridgehead atoms. The van der Waals surface area contributed by atoms with Crippen molar-refractivity contribution in [2.24, 2.45) is 4.99 Å². The number of hydrogen-bond acceptors (Lipinski definition) is 3. The van der Waals surface area contributed by atoms with Gasteiger partial charge in [0.15, 0.2) is 5.96 Å². The van der Waals surface area contributed by atoms with Gasteiger partial charge in [-0.2, -0.15) is 0 Å². The molecule has 27 heavy (non-hydrogen) atoms. The van der Waals surface area contributed by atoms with E-state index in [1.54, 1.807) is 6.20 Å². The van der Waals surface area contributed by atoms with Crippen molar-refractivity contribution in [2.45, 2.75) is 38.3 Å². The van der Waals surface area contributed by atoms with Gasteiger partial charge in [0.05, 0.1) is 5.02 Å². The number of hydrogen-bond donors (Lipinski definition) is 2. The molecule has 1 aromatic carbocycles. The van der Waals surface area contributed by atoms with E-state index >= 15 is 0 Å². The van der Waals surface area contributed by atoms with Crippen LogP contribution in [-0.4, -0.2) is 37.1 Å². The second-order valence-electron chi connectivity index (χ2n) is 7.27. The summed E-state index contributed by atoms with van der Waals surface area (Å²) in [7, 11) is 1.82. The van der Waals surface area contributed by atoms with E-state index in [4.69, 9.17) is 11.6 Å². The van der Waals surface area contributed by atoms with Gasteiger partial charge in [0, 0.05) is 38.9 Å². The number of rotatable bonds is 4. The first-order valence-corrected chi connectivity index (χ1v) is 10.0. The van der Waals surface area contributed by atoms with Gasteiger partial charge in [-0.1, -0.05) is 29.8 Å². The predicted octanol–water partition coefficient (Wildman–Crippen LogP) is 3.17. The number of benzene rings is 1. The van der Waals surface area contributed by atoms with Crippen LogP contribution < -0.4 is 15.5 Å². The van der Waals surface area contributed by atoms with Crippen molar-refractivity contribution in [1.29, 1.82) is 0 Å². The average molecular weight is 384 g/mol.